The number of carbonyl (C=O) groups excluding carboxylic acids is 1. The van der Waals surface area contributed by atoms with Crippen LogP contribution in [-0.4, -0.2) is 23.9 Å². The molecule has 0 saturated heterocycles. The number of nitrogens with zero attached hydrogens (tertiary/aromatic N) is 1. The van der Waals surface area contributed by atoms with Crippen LogP contribution in [0.15, 0.2) is 54.6 Å². The lowest BCUT2D eigenvalue weighted by molar-refractivity contribution is -0.383. The Bertz CT molecular complexity index is 771. The second-order valence-corrected chi connectivity index (χ2v) is 6.76. The second-order valence-electron chi connectivity index (χ2n) is 6.76. The maximum atomic E-state index is 12.3. The summed E-state index contributed by atoms with van der Waals surface area (Å²) in [7, 11) is 0. The lowest BCUT2D eigenvalue weighted by atomic mass is 9.79. The molecule has 26 heavy (non-hydrogen) atoms. The van der Waals surface area contributed by atoms with E-state index in [9.17, 15) is 14.9 Å². The van der Waals surface area contributed by atoms with Gasteiger partial charge in [0.2, 0.25) is 5.91 Å². The number of benzene rings is 2. The molecule has 6 heteroatoms. The second kappa shape index (κ2) is 7.99. The molecule has 1 amide bonds. The van der Waals surface area contributed by atoms with Crippen LogP contribution in [0.3, 0.4) is 0 Å². The van der Waals surface area contributed by atoms with Gasteiger partial charge in [0.15, 0.2) is 0 Å². The number of amides is 1. The van der Waals surface area contributed by atoms with E-state index in [1.807, 2.05) is 18.2 Å². The van der Waals surface area contributed by atoms with E-state index in [2.05, 4.69) is 22.8 Å². The predicted molar refractivity (Wildman–Crippen MR) is 101 cm³/mol. The van der Waals surface area contributed by atoms with Crippen molar-refractivity contribution in [3.05, 3.63) is 70.3 Å². The molecular weight excluding hydrogens is 330 g/mol. The summed E-state index contributed by atoms with van der Waals surface area (Å²) < 4.78 is 0. The van der Waals surface area contributed by atoms with Gasteiger partial charge >= 0.3 is 0 Å². The molecule has 0 aromatic heterocycles. The summed E-state index contributed by atoms with van der Waals surface area (Å²) in [5.41, 5.74) is 1.59. The van der Waals surface area contributed by atoms with Gasteiger partial charge in [0.1, 0.15) is 5.69 Å². The summed E-state index contributed by atoms with van der Waals surface area (Å²) in [6.45, 7) is 0.601. The number of para-hydroxylation sites is 2. The van der Waals surface area contributed by atoms with Crippen LogP contribution in [0.2, 0.25) is 0 Å². The van der Waals surface area contributed by atoms with Crippen molar-refractivity contribution in [2.45, 2.75) is 31.1 Å². The Balaban J connectivity index is 1.59. The summed E-state index contributed by atoms with van der Waals surface area (Å²) >= 11 is 0. The van der Waals surface area contributed by atoms with Crippen molar-refractivity contribution in [2.75, 3.05) is 18.4 Å². The number of nitrogens with one attached hydrogen (secondary N) is 2. The fourth-order valence-electron chi connectivity index (χ4n) is 3.70. The van der Waals surface area contributed by atoms with E-state index in [-0.39, 0.29) is 23.6 Å². The Morgan fingerprint density at radius 1 is 1.04 bits per heavy atom. The molecule has 0 spiro atoms. The first kappa shape index (κ1) is 17.9. The van der Waals surface area contributed by atoms with Crippen molar-refractivity contribution < 1.29 is 9.72 Å². The number of anilines is 1. The molecular formula is C20H23N3O3. The first-order valence-electron chi connectivity index (χ1n) is 8.90. The monoisotopic (exact) mass is 353 g/mol. The molecule has 136 valence electrons. The van der Waals surface area contributed by atoms with Crippen LogP contribution in [0.25, 0.3) is 0 Å². The average molecular weight is 353 g/mol. The molecule has 3 rings (SSSR count). The maximum Gasteiger partial charge on any atom is 0.292 e. The third-order valence-electron chi connectivity index (χ3n) is 5.11. The van der Waals surface area contributed by atoms with Gasteiger partial charge in [-0.15, -0.1) is 0 Å². The molecule has 0 heterocycles. The molecule has 1 saturated carbocycles. The van der Waals surface area contributed by atoms with Gasteiger partial charge in [-0.25, -0.2) is 0 Å². The van der Waals surface area contributed by atoms with Gasteiger partial charge < -0.3 is 10.6 Å². The molecule has 6 nitrogen and oxygen atoms in total. The first-order chi connectivity index (χ1) is 12.6. The smallest absolute Gasteiger partial charge is 0.292 e. The normalized spacial score (nSPS) is 15.4. The molecule has 1 aliphatic rings. The third kappa shape index (κ3) is 4.02. The highest BCUT2D eigenvalue weighted by molar-refractivity contribution is 5.81. The summed E-state index contributed by atoms with van der Waals surface area (Å²) in [5.74, 6) is -0.162. The topological polar surface area (TPSA) is 84.3 Å². The van der Waals surface area contributed by atoms with Gasteiger partial charge in [-0.1, -0.05) is 55.3 Å². The van der Waals surface area contributed by atoms with Crippen LogP contribution in [-0.2, 0) is 10.2 Å². The van der Waals surface area contributed by atoms with Crippen LogP contribution in [0.4, 0.5) is 11.4 Å². The SMILES string of the molecule is O=C(CNc1ccccc1[N+](=O)[O-])NCC1(c2ccccc2)CCCC1. The standard InChI is InChI=1S/C20H23N3O3/c24-19(14-21-17-10-4-5-11-18(17)23(25)26)22-15-20(12-6-7-13-20)16-8-2-1-3-9-16/h1-5,8-11,21H,6-7,12-15H2,(H,22,24). The lowest BCUT2D eigenvalue weighted by Gasteiger charge is -2.30. The quantitative estimate of drug-likeness (QED) is 0.588. The fraction of sp³-hybridized carbons (Fsp3) is 0.350. The highest BCUT2D eigenvalue weighted by Crippen LogP contribution is 2.40. The van der Waals surface area contributed by atoms with Gasteiger partial charge in [-0.2, -0.15) is 0 Å². The van der Waals surface area contributed by atoms with E-state index in [0.717, 1.165) is 12.8 Å². The van der Waals surface area contributed by atoms with Crippen molar-refractivity contribution in [3.8, 4) is 0 Å². The Labute approximate surface area is 152 Å². The van der Waals surface area contributed by atoms with E-state index >= 15 is 0 Å². The zero-order valence-electron chi connectivity index (χ0n) is 14.6. The molecule has 0 aliphatic heterocycles. The van der Waals surface area contributed by atoms with Crippen LogP contribution >= 0.6 is 0 Å². The molecule has 1 fully saturated rings. The van der Waals surface area contributed by atoms with Gasteiger partial charge in [-0.3, -0.25) is 14.9 Å². The largest absolute Gasteiger partial charge is 0.371 e. The predicted octanol–water partition coefficient (Wildman–Crippen LogP) is 3.63. The van der Waals surface area contributed by atoms with Gasteiger partial charge in [0.05, 0.1) is 11.5 Å². The van der Waals surface area contributed by atoms with Gasteiger partial charge in [0, 0.05) is 18.0 Å². The van der Waals surface area contributed by atoms with Crippen molar-refractivity contribution in [1.29, 1.82) is 0 Å². The zero-order valence-corrected chi connectivity index (χ0v) is 14.6. The van der Waals surface area contributed by atoms with Crippen LogP contribution in [0.1, 0.15) is 31.2 Å². The number of carbonyl (C=O) groups is 1. The minimum Gasteiger partial charge on any atom is -0.371 e. The Kier molecular flexibility index (Phi) is 5.51. The average Bonchev–Trinajstić information content (AvgIpc) is 3.16. The van der Waals surface area contributed by atoms with Crippen molar-refractivity contribution >= 4 is 17.3 Å². The number of nitro groups is 1. The molecule has 2 aromatic carbocycles. The Morgan fingerprint density at radius 2 is 1.69 bits per heavy atom. The molecule has 0 unspecified atom stereocenters. The van der Waals surface area contributed by atoms with E-state index in [1.54, 1.807) is 18.2 Å². The summed E-state index contributed by atoms with van der Waals surface area (Å²) in [4.78, 5) is 22.9. The number of rotatable bonds is 7. The molecule has 2 N–H and O–H groups in total. The minimum atomic E-state index is -0.455. The molecule has 0 atom stereocenters. The van der Waals surface area contributed by atoms with Crippen molar-refractivity contribution in [2.24, 2.45) is 0 Å². The zero-order chi connectivity index (χ0) is 18.4. The van der Waals surface area contributed by atoms with Crippen molar-refractivity contribution in [1.82, 2.24) is 5.32 Å². The molecule has 0 radical (unpaired) electrons. The third-order valence-corrected chi connectivity index (χ3v) is 5.11. The van der Waals surface area contributed by atoms with Crippen LogP contribution in [0, 0.1) is 10.1 Å². The minimum absolute atomic E-state index is 0.00430. The summed E-state index contributed by atoms with van der Waals surface area (Å²) in [6, 6.07) is 16.7. The summed E-state index contributed by atoms with van der Waals surface area (Å²) in [5, 5.41) is 16.9. The first-order valence-corrected chi connectivity index (χ1v) is 8.90. The summed E-state index contributed by atoms with van der Waals surface area (Å²) in [6.07, 6.45) is 4.46. The fourth-order valence-corrected chi connectivity index (χ4v) is 3.70. The maximum absolute atomic E-state index is 12.3. The highest BCUT2D eigenvalue weighted by atomic mass is 16.6. The molecule has 0 bridgehead atoms. The van der Waals surface area contributed by atoms with E-state index in [1.165, 1.54) is 24.5 Å². The van der Waals surface area contributed by atoms with Crippen LogP contribution < -0.4 is 10.6 Å². The molecule has 2 aromatic rings. The Morgan fingerprint density at radius 3 is 2.38 bits per heavy atom. The van der Waals surface area contributed by atoms with E-state index in [4.69, 9.17) is 0 Å². The van der Waals surface area contributed by atoms with Crippen molar-refractivity contribution in [3.63, 3.8) is 0 Å². The number of hydrogen-bond donors (Lipinski definition) is 2. The lowest BCUT2D eigenvalue weighted by Crippen LogP contribution is -2.41. The van der Waals surface area contributed by atoms with Gasteiger partial charge in [0.25, 0.3) is 5.69 Å². The number of hydrogen-bond acceptors (Lipinski definition) is 4. The highest BCUT2D eigenvalue weighted by Gasteiger charge is 2.35. The van der Waals surface area contributed by atoms with Crippen LogP contribution in [0.5, 0.6) is 0 Å². The van der Waals surface area contributed by atoms with Gasteiger partial charge in [-0.05, 0) is 24.5 Å². The van der Waals surface area contributed by atoms with E-state index < -0.39 is 4.92 Å². The molecule has 1 aliphatic carbocycles. The Hall–Kier alpha value is -2.89. The van der Waals surface area contributed by atoms with E-state index in [0.29, 0.717) is 12.2 Å². The number of nitro benzene ring substituents is 1.